The van der Waals surface area contributed by atoms with Crippen LogP contribution in [-0.4, -0.2) is 53.8 Å². The smallest absolute Gasteiger partial charge is 0.295 e. The highest BCUT2D eigenvalue weighted by atomic mass is 16.5. The normalized spacial score (nSPS) is 16.2. The molecule has 1 saturated heterocycles. The number of likely N-dealkylation sites (N-methyl/N-ethyl adjacent to an activating group) is 1. The summed E-state index contributed by atoms with van der Waals surface area (Å²) in [6.45, 7) is 3.12. The van der Waals surface area contributed by atoms with E-state index in [2.05, 4.69) is 0 Å². The molecule has 0 saturated carbocycles. The number of ether oxygens (including phenoxy) is 2. The van der Waals surface area contributed by atoms with Crippen LogP contribution in [0, 0.1) is 6.92 Å². The molecule has 4 aromatic rings. The van der Waals surface area contributed by atoms with E-state index >= 15 is 0 Å². The zero-order chi connectivity index (χ0) is 29.6. The highest BCUT2D eigenvalue weighted by molar-refractivity contribution is 6.46. The molecule has 7 nitrogen and oxygen atoms in total. The minimum Gasteiger partial charge on any atom is -0.507 e. The second kappa shape index (κ2) is 12.7. The standard InChI is InChI=1S/C35H34N2O5/c1-24-21-28(41-23-25-11-6-4-7-12-25)17-18-30(24)33(38)31-32(37(20-19-36(2)3)35(40)34(31)39)26-13-10-16-29(22-26)42-27-14-8-5-9-15-27/h4-18,21-22,32,38H,19-20,23H2,1-3H3/t32-/m1/s1. The van der Waals surface area contributed by atoms with Crippen LogP contribution in [0.25, 0.3) is 5.76 Å². The Bertz CT molecular complexity index is 1600. The Labute approximate surface area is 246 Å². The number of para-hydroxylation sites is 1. The Morgan fingerprint density at radius 1 is 0.833 bits per heavy atom. The topological polar surface area (TPSA) is 79.3 Å². The van der Waals surface area contributed by atoms with Crippen molar-refractivity contribution in [1.29, 1.82) is 0 Å². The maximum Gasteiger partial charge on any atom is 0.295 e. The van der Waals surface area contributed by atoms with Crippen molar-refractivity contribution in [2.75, 3.05) is 27.2 Å². The van der Waals surface area contributed by atoms with Crippen LogP contribution in [0.15, 0.2) is 109 Å². The maximum atomic E-state index is 13.5. The number of rotatable bonds is 10. The van der Waals surface area contributed by atoms with E-state index in [4.69, 9.17) is 9.47 Å². The highest BCUT2D eigenvalue weighted by Gasteiger charge is 2.46. The van der Waals surface area contributed by atoms with Gasteiger partial charge in [0.1, 0.15) is 29.6 Å². The Balaban J connectivity index is 1.51. The lowest BCUT2D eigenvalue weighted by Gasteiger charge is -2.27. The third-order valence-corrected chi connectivity index (χ3v) is 7.18. The molecule has 214 valence electrons. The first-order valence-corrected chi connectivity index (χ1v) is 13.9. The number of benzene rings is 4. The number of hydrogen-bond acceptors (Lipinski definition) is 6. The molecule has 0 bridgehead atoms. The molecule has 0 radical (unpaired) electrons. The van der Waals surface area contributed by atoms with Gasteiger partial charge in [0, 0.05) is 18.7 Å². The number of ketones is 1. The number of amides is 1. The quantitative estimate of drug-likeness (QED) is 0.138. The van der Waals surface area contributed by atoms with Crippen LogP contribution in [0.3, 0.4) is 0 Å². The van der Waals surface area contributed by atoms with Gasteiger partial charge in [0.05, 0.1) is 11.6 Å². The molecule has 7 heteroatoms. The molecule has 1 atom stereocenters. The van der Waals surface area contributed by atoms with Crippen LogP contribution in [-0.2, 0) is 16.2 Å². The van der Waals surface area contributed by atoms with Crippen LogP contribution >= 0.6 is 0 Å². The molecular formula is C35H34N2O5. The fourth-order valence-electron chi connectivity index (χ4n) is 5.02. The predicted molar refractivity (Wildman–Crippen MR) is 162 cm³/mol. The molecule has 0 unspecified atom stereocenters. The van der Waals surface area contributed by atoms with E-state index in [0.717, 1.165) is 11.1 Å². The third-order valence-electron chi connectivity index (χ3n) is 7.18. The van der Waals surface area contributed by atoms with E-state index in [0.29, 0.717) is 48.1 Å². The van der Waals surface area contributed by atoms with Crippen molar-refractivity contribution in [1.82, 2.24) is 9.80 Å². The van der Waals surface area contributed by atoms with Crippen molar-refractivity contribution in [2.24, 2.45) is 0 Å². The Kier molecular flexibility index (Phi) is 8.69. The van der Waals surface area contributed by atoms with E-state index in [-0.39, 0.29) is 11.3 Å². The summed E-state index contributed by atoms with van der Waals surface area (Å²) in [4.78, 5) is 30.3. The molecule has 1 aliphatic rings. The summed E-state index contributed by atoms with van der Waals surface area (Å²) in [6.07, 6.45) is 0. The molecule has 0 aromatic heterocycles. The fraction of sp³-hybridized carbons (Fsp3) is 0.200. The van der Waals surface area contributed by atoms with Crippen molar-refractivity contribution in [3.63, 3.8) is 0 Å². The number of nitrogens with zero attached hydrogens (tertiary/aromatic N) is 2. The van der Waals surface area contributed by atoms with Gasteiger partial charge >= 0.3 is 0 Å². The lowest BCUT2D eigenvalue weighted by Crippen LogP contribution is -2.35. The summed E-state index contributed by atoms with van der Waals surface area (Å²) in [6, 6.07) is 31.1. The van der Waals surface area contributed by atoms with Crippen LogP contribution < -0.4 is 9.47 Å². The van der Waals surface area contributed by atoms with Crippen LogP contribution in [0.1, 0.15) is 28.3 Å². The number of Topliss-reactive ketones (excluding diaryl/α,β-unsaturated/α-hetero) is 1. The van der Waals surface area contributed by atoms with Gasteiger partial charge in [-0.15, -0.1) is 0 Å². The number of carbonyl (C=O) groups excluding carboxylic acids is 2. The van der Waals surface area contributed by atoms with Crippen LogP contribution in [0.5, 0.6) is 17.2 Å². The molecule has 1 N–H and O–H groups in total. The van der Waals surface area contributed by atoms with E-state index in [1.807, 2.05) is 117 Å². The zero-order valence-corrected chi connectivity index (χ0v) is 24.0. The first kappa shape index (κ1) is 28.6. The number of hydrogen-bond donors (Lipinski definition) is 1. The minimum absolute atomic E-state index is 0.0525. The second-order valence-corrected chi connectivity index (χ2v) is 10.5. The van der Waals surface area contributed by atoms with Crippen LogP contribution in [0.4, 0.5) is 0 Å². The van der Waals surface area contributed by atoms with Gasteiger partial charge in [0.15, 0.2) is 0 Å². The van der Waals surface area contributed by atoms with Gasteiger partial charge in [0.2, 0.25) is 0 Å². The predicted octanol–water partition coefficient (Wildman–Crippen LogP) is 6.35. The van der Waals surface area contributed by atoms with Crippen molar-refractivity contribution < 1.29 is 24.2 Å². The number of aryl methyl sites for hydroxylation is 1. The van der Waals surface area contributed by atoms with Crippen LogP contribution in [0.2, 0.25) is 0 Å². The molecule has 42 heavy (non-hydrogen) atoms. The second-order valence-electron chi connectivity index (χ2n) is 10.5. The molecular weight excluding hydrogens is 528 g/mol. The van der Waals surface area contributed by atoms with Gasteiger partial charge in [-0.25, -0.2) is 0 Å². The molecule has 1 amide bonds. The van der Waals surface area contributed by atoms with Gasteiger partial charge < -0.3 is 24.4 Å². The molecule has 1 aliphatic heterocycles. The first-order chi connectivity index (χ1) is 20.3. The monoisotopic (exact) mass is 562 g/mol. The summed E-state index contributed by atoms with van der Waals surface area (Å²) in [5.74, 6) is 0.302. The third kappa shape index (κ3) is 6.37. The zero-order valence-electron chi connectivity index (χ0n) is 24.0. The Hall–Kier alpha value is -4.88. The van der Waals surface area contributed by atoms with Gasteiger partial charge in [-0.2, -0.15) is 0 Å². The lowest BCUT2D eigenvalue weighted by atomic mass is 9.93. The molecule has 1 heterocycles. The minimum atomic E-state index is -0.780. The number of likely N-dealkylation sites (tertiary alicyclic amines) is 1. The van der Waals surface area contributed by atoms with E-state index < -0.39 is 17.7 Å². The molecule has 1 fully saturated rings. The molecule has 0 spiro atoms. The largest absolute Gasteiger partial charge is 0.507 e. The molecule has 4 aromatic carbocycles. The average molecular weight is 563 g/mol. The summed E-state index contributed by atoms with van der Waals surface area (Å²) in [7, 11) is 3.81. The highest BCUT2D eigenvalue weighted by Crippen LogP contribution is 2.41. The number of carbonyl (C=O) groups is 2. The van der Waals surface area contributed by atoms with E-state index in [1.165, 1.54) is 4.90 Å². The summed E-state index contributed by atoms with van der Waals surface area (Å²) < 4.78 is 12.0. The van der Waals surface area contributed by atoms with Crippen molar-refractivity contribution in [2.45, 2.75) is 19.6 Å². The molecule has 5 rings (SSSR count). The van der Waals surface area contributed by atoms with Gasteiger partial charge in [-0.3, -0.25) is 9.59 Å². The van der Waals surface area contributed by atoms with E-state index in [1.54, 1.807) is 12.1 Å². The fourth-order valence-corrected chi connectivity index (χ4v) is 5.02. The van der Waals surface area contributed by atoms with Gasteiger partial charge in [0.25, 0.3) is 11.7 Å². The van der Waals surface area contributed by atoms with Crippen molar-refractivity contribution >= 4 is 17.4 Å². The Morgan fingerprint density at radius 3 is 2.21 bits per heavy atom. The molecule has 0 aliphatic carbocycles. The maximum absolute atomic E-state index is 13.5. The average Bonchev–Trinajstić information content (AvgIpc) is 3.25. The Morgan fingerprint density at radius 2 is 1.52 bits per heavy atom. The summed E-state index contributed by atoms with van der Waals surface area (Å²) in [5.41, 5.74) is 2.95. The lowest BCUT2D eigenvalue weighted by molar-refractivity contribution is -0.140. The van der Waals surface area contributed by atoms with Gasteiger partial charge in [-0.05, 0) is 80.2 Å². The van der Waals surface area contributed by atoms with E-state index in [9.17, 15) is 14.7 Å². The summed E-state index contributed by atoms with van der Waals surface area (Å²) >= 11 is 0. The SMILES string of the molecule is Cc1cc(OCc2ccccc2)ccc1C(O)=C1C(=O)C(=O)N(CCN(C)C)[C@@H]1c1cccc(Oc2ccccc2)c1. The van der Waals surface area contributed by atoms with Crippen molar-refractivity contribution in [3.8, 4) is 17.2 Å². The van der Waals surface area contributed by atoms with Gasteiger partial charge in [-0.1, -0.05) is 60.7 Å². The summed E-state index contributed by atoms with van der Waals surface area (Å²) in [5, 5.41) is 11.6. The number of aliphatic hydroxyl groups is 1. The first-order valence-electron chi connectivity index (χ1n) is 13.9. The van der Waals surface area contributed by atoms with Crippen molar-refractivity contribution in [3.05, 3.63) is 131 Å². The number of aliphatic hydroxyl groups excluding tert-OH is 1.